The number of unbranched alkanes of at least 4 members (excludes halogenated alkanes) is 2. The van der Waals surface area contributed by atoms with Gasteiger partial charge < -0.3 is 0 Å². The van der Waals surface area contributed by atoms with Crippen molar-refractivity contribution in [1.29, 1.82) is 0 Å². The second kappa shape index (κ2) is 8.53. The molecule has 0 aliphatic carbocycles. The van der Waals surface area contributed by atoms with Crippen molar-refractivity contribution in [3.63, 3.8) is 0 Å². The number of hydrogen-bond donors (Lipinski definition) is 0. The van der Waals surface area contributed by atoms with E-state index in [-0.39, 0.29) is 0 Å². The molecule has 0 bridgehead atoms. The molecule has 1 aromatic rings. The Bertz CT molecular complexity index is 344. The van der Waals surface area contributed by atoms with Gasteiger partial charge in [-0.25, -0.2) is 4.79 Å². The number of benzene rings is 1. The molecule has 0 N–H and O–H groups in total. The van der Waals surface area contributed by atoms with E-state index >= 15 is 0 Å². The van der Waals surface area contributed by atoms with Crippen molar-refractivity contribution in [1.82, 2.24) is 0 Å². The van der Waals surface area contributed by atoms with Crippen molar-refractivity contribution in [2.45, 2.75) is 26.2 Å². The fourth-order valence-electron chi connectivity index (χ4n) is 1.27. The highest BCUT2D eigenvalue weighted by Crippen LogP contribution is 2.01. The monoisotopic (exact) mass is 234 g/mol. The van der Waals surface area contributed by atoms with Crippen LogP contribution in [0.1, 0.15) is 31.7 Å². The van der Waals surface area contributed by atoms with Crippen molar-refractivity contribution < 1.29 is 14.6 Å². The van der Waals surface area contributed by atoms with Gasteiger partial charge in [-0.15, -0.1) is 0 Å². The van der Waals surface area contributed by atoms with Gasteiger partial charge in [0.05, 0.1) is 6.61 Å². The van der Waals surface area contributed by atoms with Gasteiger partial charge in [0, 0.05) is 6.08 Å². The fourth-order valence-corrected chi connectivity index (χ4v) is 1.27. The van der Waals surface area contributed by atoms with Crippen LogP contribution in [-0.4, -0.2) is 12.6 Å². The van der Waals surface area contributed by atoms with Gasteiger partial charge in [-0.3, -0.25) is 4.89 Å². The number of rotatable bonds is 7. The minimum Gasteiger partial charge on any atom is -0.294 e. The van der Waals surface area contributed by atoms with E-state index < -0.39 is 5.97 Å². The molecule has 0 spiro atoms. The lowest BCUT2D eigenvalue weighted by Gasteiger charge is -2.00. The zero-order chi connectivity index (χ0) is 12.3. The molecule has 0 heterocycles. The van der Waals surface area contributed by atoms with Crippen molar-refractivity contribution in [3.8, 4) is 0 Å². The number of hydrogen-bond acceptors (Lipinski definition) is 3. The minimum atomic E-state index is -0.481. The van der Waals surface area contributed by atoms with E-state index in [0.29, 0.717) is 6.61 Å². The lowest BCUT2D eigenvalue weighted by molar-refractivity contribution is -0.267. The van der Waals surface area contributed by atoms with Crippen molar-refractivity contribution >= 4 is 12.0 Å². The van der Waals surface area contributed by atoms with E-state index in [1.54, 1.807) is 6.08 Å². The van der Waals surface area contributed by atoms with Crippen LogP contribution in [0.3, 0.4) is 0 Å². The molecule has 0 unspecified atom stereocenters. The standard InChI is InChI=1S/C14H18O3/c1-2-3-7-12-16-17-14(15)11-10-13-8-5-4-6-9-13/h4-6,8-11H,2-3,7,12H2,1H3. The molecule has 0 saturated heterocycles. The van der Waals surface area contributed by atoms with Gasteiger partial charge in [0.2, 0.25) is 0 Å². The third kappa shape index (κ3) is 6.53. The van der Waals surface area contributed by atoms with E-state index in [4.69, 9.17) is 4.89 Å². The Kier molecular flexibility index (Phi) is 6.75. The first-order chi connectivity index (χ1) is 8.33. The Balaban J connectivity index is 2.19. The third-order valence-corrected chi connectivity index (χ3v) is 2.18. The molecular formula is C14H18O3. The maximum absolute atomic E-state index is 11.2. The first-order valence-corrected chi connectivity index (χ1v) is 5.89. The highest BCUT2D eigenvalue weighted by atomic mass is 17.2. The van der Waals surface area contributed by atoms with Gasteiger partial charge in [0.1, 0.15) is 0 Å². The van der Waals surface area contributed by atoms with E-state index in [0.717, 1.165) is 24.8 Å². The largest absolute Gasteiger partial charge is 0.365 e. The summed E-state index contributed by atoms with van der Waals surface area (Å²) < 4.78 is 0. The minimum absolute atomic E-state index is 0.457. The van der Waals surface area contributed by atoms with Crippen LogP contribution in [0.4, 0.5) is 0 Å². The molecule has 0 atom stereocenters. The van der Waals surface area contributed by atoms with Crippen LogP contribution in [0, 0.1) is 0 Å². The molecular weight excluding hydrogens is 216 g/mol. The van der Waals surface area contributed by atoms with Crippen LogP contribution in [0.5, 0.6) is 0 Å². The summed E-state index contributed by atoms with van der Waals surface area (Å²) in [6.45, 7) is 2.56. The maximum Gasteiger partial charge on any atom is 0.365 e. The van der Waals surface area contributed by atoms with Crippen LogP contribution in [0.15, 0.2) is 36.4 Å². The Morgan fingerprint density at radius 1 is 1.24 bits per heavy atom. The van der Waals surface area contributed by atoms with Crippen LogP contribution in [0.2, 0.25) is 0 Å². The number of carbonyl (C=O) groups excluding carboxylic acids is 1. The summed E-state index contributed by atoms with van der Waals surface area (Å²) >= 11 is 0. The molecule has 17 heavy (non-hydrogen) atoms. The van der Waals surface area contributed by atoms with E-state index in [1.807, 2.05) is 30.3 Å². The SMILES string of the molecule is CCCCCOOC(=O)C=Cc1ccccc1. The summed E-state index contributed by atoms with van der Waals surface area (Å²) in [4.78, 5) is 20.6. The predicted octanol–water partition coefficient (Wildman–Crippen LogP) is 3.36. The summed E-state index contributed by atoms with van der Waals surface area (Å²) in [6.07, 6.45) is 6.15. The Morgan fingerprint density at radius 2 is 2.00 bits per heavy atom. The molecule has 0 aliphatic heterocycles. The molecule has 0 amide bonds. The molecule has 92 valence electrons. The quantitative estimate of drug-likeness (QED) is 0.314. The summed E-state index contributed by atoms with van der Waals surface area (Å²) in [7, 11) is 0. The Labute approximate surface area is 102 Å². The normalized spacial score (nSPS) is 10.6. The lowest BCUT2D eigenvalue weighted by Crippen LogP contribution is -2.03. The molecule has 1 aromatic carbocycles. The van der Waals surface area contributed by atoms with Crippen molar-refractivity contribution in [3.05, 3.63) is 42.0 Å². The first kappa shape index (κ1) is 13.5. The zero-order valence-electron chi connectivity index (χ0n) is 10.1. The summed E-state index contributed by atoms with van der Waals surface area (Å²) in [5.41, 5.74) is 0.954. The van der Waals surface area contributed by atoms with Gasteiger partial charge in [-0.2, -0.15) is 4.89 Å². The lowest BCUT2D eigenvalue weighted by atomic mass is 10.2. The molecule has 0 aromatic heterocycles. The molecule has 3 nitrogen and oxygen atoms in total. The van der Waals surface area contributed by atoms with Crippen LogP contribution in [0.25, 0.3) is 6.08 Å². The zero-order valence-corrected chi connectivity index (χ0v) is 10.1. The Morgan fingerprint density at radius 3 is 2.71 bits per heavy atom. The van der Waals surface area contributed by atoms with Crippen LogP contribution in [-0.2, 0) is 14.6 Å². The van der Waals surface area contributed by atoms with E-state index in [1.165, 1.54) is 6.08 Å². The summed E-state index contributed by atoms with van der Waals surface area (Å²) in [6, 6.07) is 9.56. The number of carbonyl (C=O) groups is 1. The molecule has 0 aliphatic rings. The topological polar surface area (TPSA) is 35.5 Å². The molecule has 0 radical (unpaired) electrons. The van der Waals surface area contributed by atoms with Gasteiger partial charge in [0.15, 0.2) is 0 Å². The summed E-state index contributed by atoms with van der Waals surface area (Å²) in [5, 5.41) is 0. The summed E-state index contributed by atoms with van der Waals surface area (Å²) in [5.74, 6) is -0.481. The predicted molar refractivity (Wildman–Crippen MR) is 67.0 cm³/mol. The smallest absolute Gasteiger partial charge is 0.294 e. The molecule has 0 saturated carbocycles. The second-order valence-electron chi connectivity index (χ2n) is 3.68. The van der Waals surface area contributed by atoms with Crippen LogP contribution >= 0.6 is 0 Å². The highest BCUT2D eigenvalue weighted by molar-refractivity contribution is 5.86. The molecule has 0 fully saturated rings. The van der Waals surface area contributed by atoms with Gasteiger partial charge >= 0.3 is 5.97 Å². The third-order valence-electron chi connectivity index (χ3n) is 2.18. The average Bonchev–Trinajstić information content (AvgIpc) is 2.37. The van der Waals surface area contributed by atoms with Gasteiger partial charge in [-0.05, 0) is 18.1 Å². The van der Waals surface area contributed by atoms with Crippen molar-refractivity contribution in [2.24, 2.45) is 0 Å². The first-order valence-electron chi connectivity index (χ1n) is 5.89. The van der Waals surface area contributed by atoms with Crippen LogP contribution < -0.4 is 0 Å². The second-order valence-corrected chi connectivity index (χ2v) is 3.68. The van der Waals surface area contributed by atoms with Gasteiger partial charge in [0.25, 0.3) is 0 Å². The average molecular weight is 234 g/mol. The van der Waals surface area contributed by atoms with Gasteiger partial charge in [-0.1, -0.05) is 50.1 Å². The Hall–Kier alpha value is -1.61. The fraction of sp³-hybridized carbons (Fsp3) is 0.357. The van der Waals surface area contributed by atoms with E-state index in [2.05, 4.69) is 11.8 Å². The maximum atomic E-state index is 11.2. The highest BCUT2D eigenvalue weighted by Gasteiger charge is 1.97. The molecule has 1 rings (SSSR count). The van der Waals surface area contributed by atoms with E-state index in [9.17, 15) is 4.79 Å². The molecule has 3 heteroatoms. The van der Waals surface area contributed by atoms with Crippen molar-refractivity contribution in [2.75, 3.05) is 6.61 Å².